The van der Waals surface area contributed by atoms with Gasteiger partial charge < -0.3 is 9.84 Å². The summed E-state index contributed by atoms with van der Waals surface area (Å²) in [6.45, 7) is 6.33. The third kappa shape index (κ3) is 5.27. The van der Waals surface area contributed by atoms with Crippen LogP contribution in [0.5, 0.6) is 5.75 Å². The van der Waals surface area contributed by atoms with Crippen molar-refractivity contribution < 1.29 is 14.2 Å². The molecule has 1 aromatic carbocycles. The third-order valence-corrected chi connectivity index (χ3v) is 3.81. The molecule has 0 aliphatic heterocycles. The first kappa shape index (κ1) is 15.3. The fourth-order valence-corrected chi connectivity index (χ4v) is 2.32. The van der Waals surface area contributed by atoms with E-state index in [1.54, 1.807) is 23.9 Å². The summed E-state index contributed by atoms with van der Waals surface area (Å²) in [7, 11) is 1.44. The van der Waals surface area contributed by atoms with Crippen molar-refractivity contribution >= 4 is 11.8 Å². The summed E-state index contributed by atoms with van der Waals surface area (Å²) < 4.78 is 18.5. The van der Waals surface area contributed by atoms with Gasteiger partial charge in [0.1, 0.15) is 0 Å². The minimum Gasteiger partial charge on any atom is -0.494 e. The van der Waals surface area contributed by atoms with Crippen LogP contribution in [0.4, 0.5) is 4.39 Å². The standard InChI is InChI=1S/C14H21FO2S/c1-14(2,3)18-9-11(16)7-10-5-6-13(17-4)12(15)8-10/h5-6,8,11,16H,7,9H2,1-4H3. The second-order valence-corrected chi connectivity index (χ2v) is 7.10. The van der Waals surface area contributed by atoms with Crippen molar-refractivity contribution in [2.24, 2.45) is 0 Å². The Labute approximate surface area is 113 Å². The highest BCUT2D eigenvalue weighted by molar-refractivity contribution is 8.00. The summed E-state index contributed by atoms with van der Waals surface area (Å²) in [5.74, 6) is 0.500. The van der Waals surface area contributed by atoms with E-state index < -0.39 is 6.10 Å². The van der Waals surface area contributed by atoms with Gasteiger partial charge in [0.2, 0.25) is 0 Å². The van der Waals surface area contributed by atoms with Crippen LogP contribution in [-0.2, 0) is 6.42 Å². The number of rotatable bonds is 5. The maximum atomic E-state index is 13.5. The molecule has 4 heteroatoms. The average molecular weight is 272 g/mol. The van der Waals surface area contributed by atoms with Crippen LogP contribution < -0.4 is 4.74 Å². The van der Waals surface area contributed by atoms with Gasteiger partial charge in [-0.15, -0.1) is 0 Å². The Kier molecular flexibility index (Phi) is 5.47. The largest absolute Gasteiger partial charge is 0.494 e. The zero-order valence-electron chi connectivity index (χ0n) is 11.4. The molecule has 1 N–H and O–H groups in total. The van der Waals surface area contributed by atoms with Crippen molar-refractivity contribution in [3.8, 4) is 5.75 Å². The molecule has 0 spiro atoms. The molecule has 1 atom stereocenters. The van der Waals surface area contributed by atoms with Crippen LogP contribution in [0.2, 0.25) is 0 Å². The molecule has 1 rings (SSSR count). The molecule has 0 aromatic heterocycles. The number of methoxy groups -OCH3 is 1. The fraction of sp³-hybridized carbons (Fsp3) is 0.571. The van der Waals surface area contributed by atoms with Gasteiger partial charge in [0, 0.05) is 10.5 Å². The van der Waals surface area contributed by atoms with E-state index in [9.17, 15) is 9.50 Å². The van der Waals surface area contributed by atoms with Crippen LogP contribution in [0.1, 0.15) is 26.3 Å². The van der Waals surface area contributed by atoms with E-state index in [1.807, 2.05) is 0 Å². The monoisotopic (exact) mass is 272 g/mol. The van der Waals surface area contributed by atoms with Crippen LogP contribution in [-0.4, -0.2) is 28.8 Å². The summed E-state index contributed by atoms with van der Waals surface area (Å²) in [6, 6.07) is 4.80. The van der Waals surface area contributed by atoms with Crippen LogP contribution in [0, 0.1) is 5.82 Å². The number of ether oxygens (including phenoxy) is 1. The van der Waals surface area contributed by atoms with Crippen molar-refractivity contribution in [2.45, 2.75) is 38.0 Å². The van der Waals surface area contributed by atoms with Crippen LogP contribution >= 0.6 is 11.8 Å². The summed E-state index contributed by atoms with van der Waals surface area (Å²) in [5, 5.41) is 9.91. The van der Waals surface area contributed by atoms with E-state index in [0.29, 0.717) is 12.2 Å². The Bertz CT molecular complexity index is 388. The van der Waals surface area contributed by atoms with E-state index in [4.69, 9.17) is 4.74 Å². The highest BCUT2D eigenvalue weighted by Crippen LogP contribution is 2.25. The predicted octanol–water partition coefficient (Wildman–Crippen LogP) is 3.27. The minimum atomic E-state index is -0.456. The van der Waals surface area contributed by atoms with Gasteiger partial charge >= 0.3 is 0 Å². The van der Waals surface area contributed by atoms with Crippen LogP contribution in [0.15, 0.2) is 18.2 Å². The number of aliphatic hydroxyl groups is 1. The predicted molar refractivity (Wildman–Crippen MR) is 74.9 cm³/mol. The molecule has 0 saturated heterocycles. The quantitative estimate of drug-likeness (QED) is 0.892. The maximum absolute atomic E-state index is 13.5. The molecule has 0 amide bonds. The Hall–Kier alpha value is -0.740. The lowest BCUT2D eigenvalue weighted by Crippen LogP contribution is -2.18. The zero-order chi connectivity index (χ0) is 13.8. The van der Waals surface area contributed by atoms with Gasteiger partial charge in [0.15, 0.2) is 11.6 Å². The lowest BCUT2D eigenvalue weighted by molar-refractivity contribution is 0.199. The summed E-state index contributed by atoms with van der Waals surface area (Å²) in [6.07, 6.45) is 0.00583. The van der Waals surface area contributed by atoms with Crippen LogP contribution in [0.25, 0.3) is 0 Å². The highest BCUT2D eigenvalue weighted by Gasteiger charge is 2.15. The topological polar surface area (TPSA) is 29.5 Å². The van der Waals surface area contributed by atoms with E-state index >= 15 is 0 Å². The third-order valence-electron chi connectivity index (χ3n) is 2.40. The molecule has 0 aliphatic carbocycles. The minimum absolute atomic E-state index is 0.131. The van der Waals surface area contributed by atoms with Crippen molar-refractivity contribution in [1.82, 2.24) is 0 Å². The molecule has 0 radical (unpaired) electrons. The molecule has 0 heterocycles. The molecule has 1 unspecified atom stereocenters. The lowest BCUT2D eigenvalue weighted by Gasteiger charge is -2.20. The number of benzene rings is 1. The highest BCUT2D eigenvalue weighted by atomic mass is 32.2. The molecule has 0 aliphatic rings. The normalized spacial score (nSPS) is 13.4. The number of thioether (sulfide) groups is 1. The van der Waals surface area contributed by atoms with Crippen LogP contribution in [0.3, 0.4) is 0 Å². The Balaban J connectivity index is 2.54. The first-order valence-electron chi connectivity index (χ1n) is 5.96. The lowest BCUT2D eigenvalue weighted by atomic mass is 10.1. The first-order valence-corrected chi connectivity index (χ1v) is 6.95. The first-order chi connectivity index (χ1) is 8.31. The van der Waals surface area contributed by atoms with E-state index in [1.165, 1.54) is 13.2 Å². The second-order valence-electron chi connectivity index (χ2n) is 5.25. The van der Waals surface area contributed by atoms with Gasteiger partial charge in [-0.25, -0.2) is 4.39 Å². The van der Waals surface area contributed by atoms with Gasteiger partial charge in [-0.2, -0.15) is 11.8 Å². The number of hydrogen-bond donors (Lipinski definition) is 1. The van der Waals surface area contributed by atoms with Gasteiger partial charge in [0.25, 0.3) is 0 Å². The zero-order valence-corrected chi connectivity index (χ0v) is 12.2. The average Bonchev–Trinajstić information content (AvgIpc) is 2.26. The molecular weight excluding hydrogens is 251 g/mol. The van der Waals surface area contributed by atoms with Gasteiger partial charge in [-0.3, -0.25) is 0 Å². The van der Waals surface area contributed by atoms with E-state index in [0.717, 1.165) is 5.56 Å². The SMILES string of the molecule is COc1ccc(CC(O)CSC(C)(C)C)cc1F. The molecule has 102 valence electrons. The molecule has 0 saturated carbocycles. The molecular formula is C14H21FO2S. The van der Waals surface area contributed by atoms with E-state index in [-0.39, 0.29) is 16.3 Å². The Morgan fingerprint density at radius 2 is 2.06 bits per heavy atom. The van der Waals surface area contributed by atoms with Gasteiger partial charge in [-0.1, -0.05) is 26.8 Å². The summed E-state index contributed by atoms with van der Waals surface area (Å²) in [4.78, 5) is 0. The fourth-order valence-electron chi connectivity index (χ4n) is 1.51. The second kappa shape index (κ2) is 6.43. The number of halogens is 1. The van der Waals surface area contributed by atoms with E-state index in [2.05, 4.69) is 20.8 Å². The number of hydrogen-bond acceptors (Lipinski definition) is 3. The molecule has 18 heavy (non-hydrogen) atoms. The maximum Gasteiger partial charge on any atom is 0.165 e. The molecule has 0 fully saturated rings. The Morgan fingerprint density at radius 3 is 2.56 bits per heavy atom. The van der Waals surface area contributed by atoms with Crippen molar-refractivity contribution in [3.05, 3.63) is 29.6 Å². The van der Waals surface area contributed by atoms with Crippen molar-refractivity contribution in [1.29, 1.82) is 0 Å². The molecule has 0 bridgehead atoms. The van der Waals surface area contributed by atoms with Crippen molar-refractivity contribution in [3.63, 3.8) is 0 Å². The molecule has 1 aromatic rings. The van der Waals surface area contributed by atoms with Gasteiger partial charge in [-0.05, 0) is 24.1 Å². The summed E-state index contributed by atoms with van der Waals surface area (Å²) >= 11 is 1.70. The molecule has 2 nitrogen and oxygen atoms in total. The smallest absolute Gasteiger partial charge is 0.165 e. The Morgan fingerprint density at radius 1 is 1.39 bits per heavy atom. The van der Waals surface area contributed by atoms with Crippen molar-refractivity contribution in [2.75, 3.05) is 12.9 Å². The van der Waals surface area contributed by atoms with Gasteiger partial charge in [0.05, 0.1) is 13.2 Å². The summed E-state index contributed by atoms with van der Waals surface area (Å²) in [5.41, 5.74) is 0.787. The number of aliphatic hydroxyl groups excluding tert-OH is 1.